The SMILES string of the molecule is CC(=O)c1ccc(-c2ccc(C(=O)O[C@H](C)C(=O)NCC(C)C)o2)cc1. The Balaban J connectivity index is 2.01. The first-order valence-electron chi connectivity index (χ1n) is 8.48. The van der Waals surface area contributed by atoms with Crippen molar-refractivity contribution in [3.8, 4) is 11.3 Å². The molecule has 0 saturated carbocycles. The molecule has 1 heterocycles. The van der Waals surface area contributed by atoms with E-state index in [1.54, 1.807) is 30.3 Å². The lowest BCUT2D eigenvalue weighted by molar-refractivity contribution is -0.129. The number of amides is 1. The molecule has 138 valence electrons. The zero-order valence-electron chi connectivity index (χ0n) is 15.4. The summed E-state index contributed by atoms with van der Waals surface area (Å²) in [5.41, 5.74) is 1.33. The molecular weight excluding hydrogens is 334 g/mol. The number of hydrogen-bond donors (Lipinski definition) is 1. The topological polar surface area (TPSA) is 85.6 Å². The molecule has 0 aliphatic rings. The number of rotatable bonds is 7. The lowest BCUT2D eigenvalue weighted by atomic mass is 10.1. The highest BCUT2D eigenvalue weighted by atomic mass is 16.6. The van der Waals surface area contributed by atoms with Crippen LogP contribution in [0.15, 0.2) is 40.8 Å². The third kappa shape index (κ3) is 5.05. The summed E-state index contributed by atoms with van der Waals surface area (Å²) >= 11 is 0. The molecule has 0 fully saturated rings. The Bertz CT molecular complexity index is 789. The number of carbonyl (C=O) groups excluding carboxylic acids is 3. The van der Waals surface area contributed by atoms with Gasteiger partial charge in [0.25, 0.3) is 5.91 Å². The van der Waals surface area contributed by atoms with Crippen LogP contribution in [0.4, 0.5) is 0 Å². The Kier molecular flexibility index (Phi) is 6.33. The van der Waals surface area contributed by atoms with E-state index in [1.807, 2.05) is 13.8 Å². The molecule has 0 radical (unpaired) electrons. The zero-order valence-corrected chi connectivity index (χ0v) is 15.4. The number of benzene rings is 1. The summed E-state index contributed by atoms with van der Waals surface area (Å²) in [6.07, 6.45) is -0.912. The number of hydrogen-bond acceptors (Lipinski definition) is 5. The molecule has 1 aromatic carbocycles. The average Bonchev–Trinajstić information content (AvgIpc) is 3.09. The van der Waals surface area contributed by atoms with Crippen LogP contribution in [-0.2, 0) is 9.53 Å². The molecule has 1 atom stereocenters. The monoisotopic (exact) mass is 357 g/mol. The summed E-state index contributed by atoms with van der Waals surface area (Å²) in [5.74, 6) is -0.278. The van der Waals surface area contributed by atoms with E-state index in [4.69, 9.17) is 9.15 Å². The first-order valence-corrected chi connectivity index (χ1v) is 8.48. The van der Waals surface area contributed by atoms with Crippen molar-refractivity contribution < 1.29 is 23.5 Å². The van der Waals surface area contributed by atoms with Gasteiger partial charge >= 0.3 is 5.97 Å². The molecule has 6 heteroatoms. The van der Waals surface area contributed by atoms with Gasteiger partial charge in [-0.15, -0.1) is 0 Å². The Morgan fingerprint density at radius 2 is 1.69 bits per heavy atom. The fraction of sp³-hybridized carbons (Fsp3) is 0.350. The summed E-state index contributed by atoms with van der Waals surface area (Å²) in [4.78, 5) is 35.3. The maximum atomic E-state index is 12.1. The highest BCUT2D eigenvalue weighted by Crippen LogP contribution is 2.23. The molecule has 2 aromatic rings. The molecule has 0 unspecified atom stereocenters. The third-order valence-electron chi connectivity index (χ3n) is 3.72. The van der Waals surface area contributed by atoms with Crippen molar-refractivity contribution in [2.75, 3.05) is 6.54 Å². The van der Waals surface area contributed by atoms with Crippen molar-refractivity contribution >= 4 is 17.7 Å². The van der Waals surface area contributed by atoms with Crippen LogP contribution < -0.4 is 5.32 Å². The molecule has 2 rings (SSSR count). The highest BCUT2D eigenvalue weighted by molar-refractivity contribution is 5.94. The van der Waals surface area contributed by atoms with E-state index in [9.17, 15) is 14.4 Å². The van der Waals surface area contributed by atoms with E-state index in [0.29, 0.717) is 23.8 Å². The van der Waals surface area contributed by atoms with Crippen molar-refractivity contribution in [2.45, 2.75) is 33.8 Å². The molecular formula is C20H23NO5. The Hall–Kier alpha value is -2.89. The third-order valence-corrected chi connectivity index (χ3v) is 3.72. The molecule has 26 heavy (non-hydrogen) atoms. The zero-order chi connectivity index (χ0) is 19.3. The standard InChI is InChI=1S/C20H23NO5/c1-12(2)11-21-19(23)14(4)25-20(24)18-10-9-17(26-18)16-7-5-15(6-8-16)13(3)22/h5-10,12,14H,11H2,1-4H3,(H,21,23)/t14-/m1/s1. The number of carbonyl (C=O) groups is 3. The lowest BCUT2D eigenvalue weighted by Crippen LogP contribution is -2.37. The predicted octanol–water partition coefficient (Wildman–Crippen LogP) is 3.47. The van der Waals surface area contributed by atoms with Crippen LogP contribution in [-0.4, -0.2) is 30.3 Å². The van der Waals surface area contributed by atoms with Gasteiger partial charge in [0.15, 0.2) is 11.9 Å². The molecule has 6 nitrogen and oxygen atoms in total. The predicted molar refractivity (Wildman–Crippen MR) is 96.9 cm³/mol. The van der Waals surface area contributed by atoms with E-state index in [-0.39, 0.29) is 17.5 Å². The number of ketones is 1. The fourth-order valence-electron chi connectivity index (χ4n) is 2.19. The van der Waals surface area contributed by atoms with Crippen LogP contribution in [0, 0.1) is 5.92 Å². The van der Waals surface area contributed by atoms with Gasteiger partial charge in [-0.2, -0.15) is 0 Å². The first kappa shape index (κ1) is 19.4. The molecule has 0 aliphatic heterocycles. The van der Waals surface area contributed by atoms with Gasteiger partial charge in [-0.05, 0) is 31.9 Å². The second-order valence-electron chi connectivity index (χ2n) is 6.48. The minimum Gasteiger partial charge on any atom is -0.449 e. The molecule has 0 aliphatic carbocycles. The van der Waals surface area contributed by atoms with E-state index < -0.39 is 12.1 Å². The van der Waals surface area contributed by atoms with Gasteiger partial charge < -0.3 is 14.5 Å². The fourth-order valence-corrected chi connectivity index (χ4v) is 2.19. The summed E-state index contributed by atoms with van der Waals surface area (Å²) in [6, 6.07) is 10.0. The molecule has 0 saturated heterocycles. The summed E-state index contributed by atoms with van der Waals surface area (Å²) in [7, 11) is 0. The van der Waals surface area contributed by atoms with Crippen LogP contribution in [0.25, 0.3) is 11.3 Å². The average molecular weight is 357 g/mol. The second kappa shape index (κ2) is 8.47. The van der Waals surface area contributed by atoms with E-state index in [0.717, 1.165) is 5.56 Å². The van der Waals surface area contributed by atoms with Crippen molar-refractivity contribution in [3.63, 3.8) is 0 Å². The van der Waals surface area contributed by atoms with E-state index in [1.165, 1.54) is 19.9 Å². The first-order chi connectivity index (χ1) is 12.3. The van der Waals surface area contributed by atoms with Crippen LogP contribution >= 0.6 is 0 Å². The van der Waals surface area contributed by atoms with Gasteiger partial charge in [0.1, 0.15) is 5.76 Å². The molecule has 0 bridgehead atoms. The quantitative estimate of drug-likeness (QED) is 0.606. The Morgan fingerprint density at radius 1 is 1.04 bits per heavy atom. The van der Waals surface area contributed by atoms with Crippen LogP contribution in [0.3, 0.4) is 0 Å². The van der Waals surface area contributed by atoms with Crippen molar-refractivity contribution in [2.24, 2.45) is 5.92 Å². The second-order valence-corrected chi connectivity index (χ2v) is 6.48. The minimum absolute atomic E-state index is 0.0131. The Labute approximate surface area is 152 Å². The van der Waals surface area contributed by atoms with Gasteiger partial charge in [0.05, 0.1) is 0 Å². The summed E-state index contributed by atoms with van der Waals surface area (Å²) in [5, 5.41) is 2.71. The number of esters is 1. The molecule has 1 aromatic heterocycles. The van der Waals surface area contributed by atoms with Crippen molar-refractivity contribution in [1.29, 1.82) is 0 Å². The maximum Gasteiger partial charge on any atom is 0.375 e. The number of furan rings is 1. The van der Waals surface area contributed by atoms with Gasteiger partial charge in [-0.3, -0.25) is 9.59 Å². The normalized spacial score (nSPS) is 11.9. The van der Waals surface area contributed by atoms with E-state index >= 15 is 0 Å². The molecule has 1 amide bonds. The number of nitrogens with one attached hydrogen (secondary N) is 1. The molecule has 0 spiro atoms. The van der Waals surface area contributed by atoms with Gasteiger partial charge in [-0.25, -0.2) is 4.79 Å². The smallest absolute Gasteiger partial charge is 0.375 e. The van der Waals surface area contributed by atoms with Crippen LogP contribution in [0.2, 0.25) is 0 Å². The number of ether oxygens (including phenoxy) is 1. The van der Waals surface area contributed by atoms with Crippen molar-refractivity contribution in [1.82, 2.24) is 5.32 Å². The largest absolute Gasteiger partial charge is 0.449 e. The highest BCUT2D eigenvalue weighted by Gasteiger charge is 2.21. The number of Topliss-reactive ketones (excluding diaryl/α,β-unsaturated/α-hetero) is 1. The summed E-state index contributed by atoms with van der Waals surface area (Å²) < 4.78 is 10.7. The minimum atomic E-state index is -0.912. The van der Waals surface area contributed by atoms with Gasteiger partial charge in [0, 0.05) is 17.7 Å². The maximum absolute atomic E-state index is 12.1. The van der Waals surface area contributed by atoms with Crippen LogP contribution in [0.5, 0.6) is 0 Å². The van der Waals surface area contributed by atoms with Gasteiger partial charge in [0.2, 0.25) is 5.76 Å². The van der Waals surface area contributed by atoms with E-state index in [2.05, 4.69) is 5.32 Å². The molecule has 1 N–H and O–H groups in total. The lowest BCUT2D eigenvalue weighted by Gasteiger charge is -2.13. The van der Waals surface area contributed by atoms with Crippen LogP contribution in [0.1, 0.15) is 48.6 Å². The summed E-state index contributed by atoms with van der Waals surface area (Å²) in [6.45, 7) is 7.48. The van der Waals surface area contributed by atoms with Gasteiger partial charge in [-0.1, -0.05) is 38.1 Å². The Morgan fingerprint density at radius 3 is 2.27 bits per heavy atom. The van der Waals surface area contributed by atoms with Crippen molar-refractivity contribution in [3.05, 3.63) is 47.7 Å².